The van der Waals surface area contributed by atoms with Gasteiger partial charge in [0.05, 0.1) is 4.90 Å². The zero-order valence-electron chi connectivity index (χ0n) is 9.63. The highest BCUT2D eigenvalue weighted by Crippen LogP contribution is 2.22. The maximum absolute atomic E-state index is 11.3. The zero-order valence-corrected chi connectivity index (χ0v) is 10.5. The van der Waals surface area contributed by atoms with Crippen LogP contribution < -0.4 is 4.57 Å². The fourth-order valence-corrected chi connectivity index (χ4v) is 2.16. The normalized spacial score (nSPS) is 10.2. The minimum atomic E-state index is 0.131. The van der Waals surface area contributed by atoms with Gasteiger partial charge in [-0.2, -0.15) is 4.57 Å². The van der Waals surface area contributed by atoms with Gasteiger partial charge in [0.15, 0.2) is 12.0 Å². The molecule has 17 heavy (non-hydrogen) atoms. The van der Waals surface area contributed by atoms with Crippen molar-refractivity contribution in [2.24, 2.45) is 0 Å². The molecule has 0 atom stereocenters. The van der Waals surface area contributed by atoms with Gasteiger partial charge in [0.1, 0.15) is 0 Å². The number of hydrogen-bond acceptors (Lipinski definition) is 2. The van der Waals surface area contributed by atoms with Gasteiger partial charge in [0.25, 0.3) is 0 Å². The number of carbonyl (C=O) groups excluding carboxylic acids is 1. The Bertz CT molecular complexity index is 537. The number of nitrogens with zero attached hydrogens (tertiary/aromatic N) is 1. The highest BCUT2D eigenvalue weighted by molar-refractivity contribution is 7.80. The van der Waals surface area contributed by atoms with E-state index in [1.165, 1.54) is 0 Å². The average molecular weight is 244 g/mol. The number of Topliss-reactive ketones (excluding diaryl/α,β-unsaturated/α-hetero) is 1. The number of benzene rings is 1. The first-order chi connectivity index (χ1) is 8.18. The second-order valence-corrected chi connectivity index (χ2v) is 4.42. The predicted octanol–water partition coefficient (Wildman–Crippen LogP) is 2.52. The molecule has 0 fully saturated rings. The third kappa shape index (κ3) is 2.74. The summed E-state index contributed by atoms with van der Waals surface area (Å²) in [6.45, 7) is 1.96. The molecule has 1 aromatic carbocycles. The molecule has 0 amide bonds. The smallest absolute Gasteiger partial charge is 0.226 e. The van der Waals surface area contributed by atoms with Crippen molar-refractivity contribution in [2.75, 3.05) is 0 Å². The van der Waals surface area contributed by atoms with Crippen LogP contribution >= 0.6 is 12.6 Å². The van der Waals surface area contributed by atoms with Crippen molar-refractivity contribution in [3.05, 3.63) is 48.7 Å². The largest absolute Gasteiger partial charge is 0.293 e. The first kappa shape index (κ1) is 11.9. The monoisotopic (exact) mass is 244 g/mol. The molecule has 0 N–H and O–H groups in total. The van der Waals surface area contributed by atoms with Crippen molar-refractivity contribution in [1.82, 2.24) is 0 Å². The van der Waals surface area contributed by atoms with Gasteiger partial charge in [-0.25, -0.2) is 0 Å². The van der Waals surface area contributed by atoms with Gasteiger partial charge in [0.2, 0.25) is 12.2 Å². The molecule has 0 aliphatic heterocycles. The van der Waals surface area contributed by atoms with E-state index in [1.54, 1.807) is 6.92 Å². The van der Waals surface area contributed by atoms with Gasteiger partial charge >= 0.3 is 0 Å². The zero-order chi connectivity index (χ0) is 12.3. The lowest BCUT2D eigenvalue weighted by Crippen LogP contribution is -2.39. The Hall–Kier alpha value is -1.61. The van der Waals surface area contributed by atoms with Crippen LogP contribution in [-0.2, 0) is 11.3 Å². The van der Waals surface area contributed by atoms with E-state index in [4.69, 9.17) is 0 Å². The van der Waals surface area contributed by atoms with Crippen LogP contribution in [-0.4, -0.2) is 5.78 Å². The molecule has 1 aromatic heterocycles. The number of ketones is 1. The lowest BCUT2D eigenvalue weighted by Gasteiger charge is -2.05. The molecule has 0 bridgehead atoms. The minimum absolute atomic E-state index is 0.131. The highest BCUT2D eigenvalue weighted by atomic mass is 32.1. The van der Waals surface area contributed by atoms with Gasteiger partial charge in [-0.15, -0.1) is 12.6 Å². The van der Waals surface area contributed by atoms with E-state index in [0.717, 1.165) is 16.2 Å². The van der Waals surface area contributed by atoms with E-state index >= 15 is 0 Å². The van der Waals surface area contributed by atoms with E-state index in [2.05, 4.69) is 12.6 Å². The van der Waals surface area contributed by atoms with Crippen LogP contribution in [0.4, 0.5) is 0 Å². The van der Waals surface area contributed by atoms with Crippen molar-refractivity contribution < 1.29 is 9.36 Å². The van der Waals surface area contributed by atoms with E-state index in [9.17, 15) is 4.79 Å². The molecule has 86 valence electrons. The molecule has 0 aliphatic carbocycles. The molecule has 2 aromatic rings. The van der Waals surface area contributed by atoms with Crippen molar-refractivity contribution in [3.63, 3.8) is 0 Å². The lowest BCUT2D eigenvalue weighted by molar-refractivity contribution is -0.674. The molecular weight excluding hydrogens is 230 g/mol. The first-order valence-corrected chi connectivity index (χ1v) is 5.89. The summed E-state index contributed by atoms with van der Waals surface area (Å²) in [6.07, 6.45) is 1.91. The molecule has 0 saturated carbocycles. The van der Waals surface area contributed by atoms with E-state index < -0.39 is 0 Å². The van der Waals surface area contributed by atoms with Crippen molar-refractivity contribution in [2.45, 2.75) is 18.4 Å². The minimum Gasteiger partial charge on any atom is -0.293 e. The van der Waals surface area contributed by atoms with Crippen LogP contribution in [0.5, 0.6) is 0 Å². The van der Waals surface area contributed by atoms with Gasteiger partial charge in [0, 0.05) is 18.6 Å². The second kappa shape index (κ2) is 5.15. The molecule has 3 heteroatoms. The number of aromatic nitrogens is 1. The van der Waals surface area contributed by atoms with Crippen molar-refractivity contribution >= 4 is 18.4 Å². The van der Waals surface area contributed by atoms with Gasteiger partial charge in [-0.3, -0.25) is 4.79 Å². The van der Waals surface area contributed by atoms with Crippen LogP contribution in [0.3, 0.4) is 0 Å². The molecule has 0 radical (unpaired) electrons. The summed E-state index contributed by atoms with van der Waals surface area (Å²) in [4.78, 5) is 12.1. The molecule has 0 unspecified atom stereocenters. The molecule has 2 nitrogen and oxygen atoms in total. The Labute approximate surface area is 106 Å². The van der Waals surface area contributed by atoms with Gasteiger partial charge < -0.3 is 0 Å². The number of rotatable bonds is 3. The number of carbonyl (C=O) groups is 1. The standard InChI is InChI=1S/C14H13NOS/c1-11(16)10-15-9-5-8-13(17)14(15)12-6-3-2-4-7-12/h2-9H,10H2,1H3/p+1. The summed E-state index contributed by atoms with van der Waals surface area (Å²) in [7, 11) is 0. The molecular formula is C14H14NOS+. The SMILES string of the molecule is CC(=O)C[n+]1cccc(S)c1-c1ccccc1. The summed E-state index contributed by atoms with van der Waals surface area (Å²) in [5.41, 5.74) is 2.05. The van der Waals surface area contributed by atoms with Crippen LogP contribution in [0.1, 0.15) is 6.92 Å². The van der Waals surface area contributed by atoms with Crippen LogP contribution in [0.2, 0.25) is 0 Å². The second-order valence-electron chi connectivity index (χ2n) is 3.94. The fraction of sp³-hybridized carbons (Fsp3) is 0.143. The predicted molar refractivity (Wildman–Crippen MR) is 70.0 cm³/mol. The van der Waals surface area contributed by atoms with E-state index in [0.29, 0.717) is 6.54 Å². The maximum atomic E-state index is 11.3. The van der Waals surface area contributed by atoms with E-state index in [-0.39, 0.29) is 5.78 Å². The quantitative estimate of drug-likeness (QED) is 0.650. The summed E-state index contributed by atoms with van der Waals surface area (Å²) in [6, 6.07) is 13.8. The average Bonchev–Trinajstić information content (AvgIpc) is 2.29. The van der Waals surface area contributed by atoms with Crippen molar-refractivity contribution in [3.8, 4) is 11.3 Å². The topological polar surface area (TPSA) is 20.9 Å². The lowest BCUT2D eigenvalue weighted by atomic mass is 10.1. The molecule has 2 rings (SSSR count). The molecule has 0 spiro atoms. The maximum Gasteiger partial charge on any atom is 0.226 e. The summed E-state index contributed by atoms with van der Waals surface area (Å²) in [5.74, 6) is 0.131. The third-order valence-corrected chi connectivity index (χ3v) is 2.85. The molecule has 0 aliphatic rings. The van der Waals surface area contributed by atoms with Crippen LogP contribution in [0.15, 0.2) is 53.6 Å². The number of pyridine rings is 1. The Morgan fingerprint density at radius 3 is 2.53 bits per heavy atom. The Balaban J connectivity index is 2.55. The van der Waals surface area contributed by atoms with Gasteiger partial charge in [-0.05, 0) is 18.2 Å². The first-order valence-electron chi connectivity index (χ1n) is 5.45. The number of hydrogen-bond donors (Lipinski definition) is 1. The van der Waals surface area contributed by atoms with Gasteiger partial charge in [-0.1, -0.05) is 18.2 Å². The molecule has 0 saturated heterocycles. The van der Waals surface area contributed by atoms with E-state index in [1.807, 2.05) is 53.2 Å². The summed E-state index contributed by atoms with van der Waals surface area (Å²) >= 11 is 4.47. The highest BCUT2D eigenvalue weighted by Gasteiger charge is 2.17. The number of thiol groups is 1. The molecule has 1 heterocycles. The summed E-state index contributed by atoms with van der Waals surface area (Å²) in [5, 5.41) is 0. The van der Waals surface area contributed by atoms with Crippen molar-refractivity contribution in [1.29, 1.82) is 0 Å². The Kier molecular flexibility index (Phi) is 3.59. The van der Waals surface area contributed by atoms with Crippen LogP contribution in [0.25, 0.3) is 11.3 Å². The fourth-order valence-electron chi connectivity index (χ4n) is 1.82. The third-order valence-electron chi connectivity index (χ3n) is 2.49. The Morgan fingerprint density at radius 1 is 1.18 bits per heavy atom. The van der Waals surface area contributed by atoms with Crippen LogP contribution in [0, 0.1) is 0 Å². The Morgan fingerprint density at radius 2 is 1.88 bits per heavy atom. The summed E-state index contributed by atoms with van der Waals surface area (Å²) < 4.78 is 1.93.